The molecule has 0 radical (unpaired) electrons. The van der Waals surface area contributed by atoms with Crippen molar-refractivity contribution in [2.45, 2.75) is 13.8 Å². The number of ether oxygens (including phenoxy) is 1. The Hall–Kier alpha value is -1.44. The monoisotopic (exact) mass is 205 g/mol. The number of hydrogen-bond acceptors (Lipinski definition) is 2. The summed E-state index contributed by atoms with van der Waals surface area (Å²) in [6.45, 7) is 8.99. The molecule has 1 rings (SSSR count). The molecule has 2 nitrogen and oxygen atoms in total. The van der Waals surface area contributed by atoms with Gasteiger partial charge < -0.3 is 10.1 Å². The lowest BCUT2D eigenvalue weighted by molar-refractivity contribution is 0.415. The fraction of sp³-hybridized carbons (Fsp3) is 0.385. The molecule has 0 spiro atoms. The van der Waals surface area contributed by atoms with Crippen molar-refractivity contribution in [3.63, 3.8) is 0 Å². The molecular weight excluding hydrogens is 186 g/mol. The Labute approximate surface area is 92.0 Å². The predicted molar refractivity (Wildman–Crippen MR) is 65.5 cm³/mol. The maximum atomic E-state index is 5.09. The Morgan fingerprint density at radius 1 is 1.33 bits per heavy atom. The van der Waals surface area contributed by atoms with E-state index in [9.17, 15) is 0 Å². The molecule has 82 valence electrons. The quantitative estimate of drug-likeness (QED) is 0.744. The third kappa shape index (κ3) is 3.66. The van der Waals surface area contributed by atoms with Crippen LogP contribution in [0.25, 0.3) is 0 Å². The minimum Gasteiger partial charge on any atom is -0.497 e. The maximum Gasteiger partial charge on any atom is 0.119 e. The zero-order valence-corrected chi connectivity index (χ0v) is 9.71. The fourth-order valence-corrected chi connectivity index (χ4v) is 1.11. The summed E-state index contributed by atoms with van der Waals surface area (Å²) in [5, 5.41) is 3.36. The number of rotatable bonds is 5. The Bertz CT molecular complexity index is 314. The Balaban J connectivity index is 2.54. The number of hydrogen-bond donors (Lipinski definition) is 1. The van der Waals surface area contributed by atoms with Gasteiger partial charge in [0.2, 0.25) is 0 Å². The summed E-state index contributed by atoms with van der Waals surface area (Å²) in [7, 11) is 1.67. The second-order valence-corrected chi connectivity index (χ2v) is 4.27. The summed E-state index contributed by atoms with van der Waals surface area (Å²) in [4.78, 5) is 0. The summed E-state index contributed by atoms with van der Waals surface area (Å²) in [5.41, 5.74) is 1.21. The SMILES string of the molecule is C=CC(C)(C)CNc1ccc(OC)cc1. The van der Waals surface area contributed by atoms with Crippen LogP contribution in [0.4, 0.5) is 5.69 Å². The van der Waals surface area contributed by atoms with Gasteiger partial charge in [-0.25, -0.2) is 0 Å². The lowest BCUT2D eigenvalue weighted by Crippen LogP contribution is -2.20. The highest BCUT2D eigenvalue weighted by Gasteiger charge is 2.11. The van der Waals surface area contributed by atoms with Gasteiger partial charge >= 0.3 is 0 Å². The molecule has 0 bridgehead atoms. The highest BCUT2D eigenvalue weighted by Crippen LogP contribution is 2.19. The number of benzene rings is 1. The minimum absolute atomic E-state index is 0.111. The first-order valence-electron chi connectivity index (χ1n) is 5.09. The van der Waals surface area contributed by atoms with Crippen LogP contribution in [0.1, 0.15) is 13.8 Å². The van der Waals surface area contributed by atoms with Crippen molar-refractivity contribution in [3.05, 3.63) is 36.9 Å². The molecule has 15 heavy (non-hydrogen) atoms. The summed E-state index contributed by atoms with van der Waals surface area (Å²) < 4.78 is 5.09. The second-order valence-electron chi connectivity index (χ2n) is 4.27. The molecule has 0 atom stereocenters. The van der Waals surface area contributed by atoms with Crippen LogP contribution in [-0.4, -0.2) is 13.7 Å². The van der Waals surface area contributed by atoms with Gasteiger partial charge in [0.25, 0.3) is 0 Å². The van der Waals surface area contributed by atoms with Crippen LogP contribution in [0.15, 0.2) is 36.9 Å². The van der Waals surface area contributed by atoms with Crippen LogP contribution in [0, 0.1) is 5.41 Å². The van der Waals surface area contributed by atoms with Gasteiger partial charge in [0, 0.05) is 12.2 Å². The van der Waals surface area contributed by atoms with Gasteiger partial charge in [-0.1, -0.05) is 19.9 Å². The summed E-state index contributed by atoms with van der Waals surface area (Å²) in [6, 6.07) is 7.92. The molecule has 1 N–H and O–H groups in total. The van der Waals surface area contributed by atoms with Gasteiger partial charge in [-0.2, -0.15) is 0 Å². The van der Waals surface area contributed by atoms with Crippen molar-refractivity contribution < 1.29 is 4.74 Å². The van der Waals surface area contributed by atoms with Crippen LogP contribution in [0.5, 0.6) is 5.75 Å². The molecule has 0 saturated carbocycles. The fourth-order valence-electron chi connectivity index (χ4n) is 1.11. The molecule has 0 fully saturated rings. The van der Waals surface area contributed by atoms with E-state index in [0.29, 0.717) is 0 Å². The van der Waals surface area contributed by atoms with Gasteiger partial charge in [0.05, 0.1) is 7.11 Å². The number of anilines is 1. The smallest absolute Gasteiger partial charge is 0.119 e. The molecule has 0 amide bonds. The Morgan fingerprint density at radius 3 is 2.40 bits per heavy atom. The van der Waals surface area contributed by atoms with E-state index in [1.54, 1.807) is 7.11 Å². The molecule has 0 unspecified atom stereocenters. The van der Waals surface area contributed by atoms with E-state index in [-0.39, 0.29) is 5.41 Å². The van der Waals surface area contributed by atoms with Crippen molar-refractivity contribution in [1.29, 1.82) is 0 Å². The molecule has 2 heteroatoms. The number of methoxy groups -OCH3 is 1. The standard InChI is InChI=1S/C13H19NO/c1-5-13(2,3)10-14-11-6-8-12(15-4)9-7-11/h5-9,14H,1,10H2,2-4H3. The number of nitrogens with one attached hydrogen (secondary N) is 1. The van der Waals surface area contributed by atoms with E-state index in [1.165, 1.54) is 0 Å². The van der Waals surface area contributed by atoms with Crippen molar-refractivity contribution >= 4 is 5.69 Å². The van der Waals surface area contributed by atoms with E-state index in [4.69, 9.17) is 4.74 Å². The van der Waals surface area contributed by atoms with Crippen LogP contribution in [0.2, 0.25) is 0 Å². The average Bonchev–Trinajstić information content (AvgIpc) is 2.27. The summed E-state index contributed by atoms with van der Waals surface area (Å²) in [6.07, 6.45) is 1.96. The minimum atomic E-state index is 0.111. The van der Waals surface area contributed by atoms with Gasteiger partial charge in [-0.15, -0.1) is 6.58 Å². The average molecular weight is 205 g/mol. The van der Waals surface area contributed by atoms with Crippen molar-refractivity contribution in [2.24, 2.45) is 5.41 Å². The highest BCUT2D eigenvalue weighted by atomic mass is 16.5. The van der Waals surface area contributed by atoms with Crippen LogP contribution in [0.3, 0.4) is 0 Å². The zero-order chi connectivity index (χ0) is 11.3. The van der Waals surface area contributed by atoms with Crippen molar-refractivity contribution in [1.82, 2.24) is 0 Å². The molecule has 0 aromatic heterocycles. The Kier molecular flexibility index (Phi) is 3.78. The van der Waals surface area contributed by atoms with E-state index in [2.05, 4.69) is 25.7 Å². The molecule has 0 aliphatic carbocycles. The zero-order valence-electron chi connectivity index (χ0n) is 9.71. The third-order valence-electron chi connectivity index (χ3n) is 2.39. The topological polar surface area (TPSA) is 21.3 Å². The molecule has 1 aromatic rings. The first-order valence-corrected chi connectivity index (χ1v) is 5.09. The lowest BCUT2D eigenvalue weighted by atomic mass is 9.94. The molecule has 0 heterocycles. The molecule has 0 saturated heterocycles. The lowest BCUT2D eigenvalue weighted by Gasteiger charge is -2.20. The summed E-state index contributed by atoms with van der Waals surface area (Å²) >= 11 is 0. The molecule has 0 aliphatic heterocycles. The third-order valence-corrected chi connectivity index (χ3v) is 2.39. The van der Waals surface area contributed by atoms with Crippen LogP contribution >= 0.6 is 0 Å². The first-order chi connectivity index (χ1) is 7.07. The van der Waals surface area contributed by atoms with E-state index >= 15 is 0 Å². The first kappa shape index (κ1) is 11.6. The van der Waals surface area contributed by atoms with Gasteiger partial charge in [0.1, 0.15) is 5.75 Å². The maximum absolute atomic E-state index is 5.09. The van der Waals surface area contributed by atoms with Crippen molar-refractivity contribution in [3.8, 4) is 5.75 Å². The molecular formula is C13H19NO. The van der Waals surface area contributed by atoms with Crippen LogP contribution < -0.4 is 10.1 Å². The van der Waals surface area contributed by atoms with E-state index in [1.807, 2.05) is 30.3 Å². The largest absolute Gasteiger partial charge is 0.497 e. The summed E-state index contributed by atoms with van der Waals surface area (Å²) in [5.74, 6) is 0.878. The van der Waals surface area contributed by atoms with Crippen LogP contribution in [-0.2, 0) is 0 Å². The molecule has 1 aromatic carbocycles. The van der Waals surface area contributed by atoms with Gasteiger partial charge in [0.15, 0.2) is 0 Å². The predicted octanol–water partition coefficient (Wildman–Crippen LogP) is 3.32. The molecule has 0 aliphatic rings. The van der Waals surface area contributed by atoms with Gasteiger partial charge in [-0.05, 0) is 29.7 Å². The second kappa shape index (κ2) is 4.87. The Morgan fingerprint density at radius 2 is 1.93 bits per heavy atom. The van der Waals surface area contributed by atoms with E-state index < -0.39 is 0 Å². The van der Waals surface area contributed by atoms with Crippen molar-refractivity contribution in [2.75, 3.05) is 19.0 Å². The van der Waals surface area contributed by atoms with Gasteiger partial charge in [-0.3, -0.25) is 0 Å². The van der Waals surface area contributed by atoms with E-state index in [0.717, 1.165) is 18.0 Å². The normalized spacial score (nSPS) is 10.9. The highest BCUT2D eigenvalue weighted by molar-refractivity contribution is 5.46.